The summed E-state index contributed by atoms with van der Waals surface area (Å²) in [5, 5.41) is 15.1. The Kier molecular flexibility index (Phi) is 5.93. The summed E-state index contributed by atoms with van der Waals surface area (Å²) in [6.45, 7) is 2.48. The molecule has 0 saturated heterocycles. The number of hydrogen-bond acceptors (Lipinski definition) is 7. The van der Waals surface area contributed by atoms with E-state index in [0.717, 1.165) is 16.8 Å². The van der Waals surface area contributed by atoms with Crippen molar-refractivity contribution < 1.29 is 9.47 Å². The number of hydrogen-bond donors (Lipinski definition) is 2. The van der Waals surface area contributed by atoms with E-state index in [1.54, 1.807) is 20.4 Å². The van der Waals surface area contributed by atoms with Crippen LogP contribution in [0.15, 0.2) is 42.6 Å². The second-order valence-electron chi connectivity index (χ2n) is 5.75. The minimum absolute atomic E-state index is 0.387. The van der Waals surface area contributed by atoms with Crippen LogP contribution in [0, 0.1) is 6.92 Å². The number of ether oxygens (including phenoxy) is 2. The molecule has 0 unspecified atom stereocenters. The summed E-state index contributed by atoms with van der Waals surface area (Å²) in [6, 6.07) is 11.3. The molecule has 0 bridgehead atoms. The monoisotopic (exact) mass is 385 g/mol. The SMILES string of the molecule is COc1ccc(CNc2cnnc(Nc3cccc(Cl)c3C)n2)cc1OC. The Morgan fingerprint density at radius 2 is 1.89 bits per heavy atom. The van der Waals surface area contributed by atoms with Crippen molar-refractivity contribution in [2.75, 3.05) is 24.9 Å². The van der Waals surface area contributed by atoms with Gasteiger partial charge < -0.3 is 20.1 Å². The van der Waals surface area contributed by atoms with E-state index in [0.29, 0.717) is 34.8 Å². The Hall–Kier alpha value is -3.06. The van der Waals surface area contributed by atoms with Crippen LogP contribution in [-0.4, -0.2) is 29.4 Å². The van der Waals surface area contributed by atoms with Gasteiger partial charge in [-0.25, -0.2) is 0 Å². The van der Waals surface area contributed by atoms with Crippen molar-refractivity contribution in [2.45, 2.75) is 13.5 Å². The second kappa shape index (κ2) is 8.55. The Bertz CT molecular complexity index is 936. The molecule has 0 aliphatic heterocycles. The van der Waals surface area contributed by atoms with Gasteiger partial charge in [0, 0.05) is 17.3 Å². The van der Waals surface area contributed by atoms with Crippen LogP contribution < -0.4 is 20.1 Å². The number of rotatable bonds is 7. The van der Waals surface area contributed by atoms with Crippen LogP contribution in [0.25, 0.3) is 0 Å². The topological polar surface area (TPSA) is 81.2 Å². The van der Waals surface area contributed by atoms with Crippen molar-refractivity contribution in [1.29, 1.82) is 0 Å². The van der Waals surface area contributed by atoms with Gasteiger partial charge in [0.2, 0.25) is 5.95 Å². The fourth-order valence-electron chi connectivity index (χ4n) is 2.49. The quantitative estimate of drug-likeness (QED) is 0.630. The summed E-state index contributed by atoms with van der Waals surface area (Å²) in [6.07, 6.45) is 1.57. The molecule has 1 heterocycles. The minimum atomic E-state index is 0.387. The maximum absolute atomic E-state index is 6.15. The van der Waals surface area contributed by atoms with Gasteiger partial charge >= 0.3 is 0 Å². The van der Waals surface area contributed by atoms with Crippen LogP contribution in [0.2, 0.25) is 5.02 Å². The molecular weight excluding hydrogens is 366 g/mol. The van der Waals surface area contributed by atoms with E-state index in [9.17, 15) is 0 Å². The zero-order chi connectivity index (χ0) is 19.2. The number of aromatic nitrogens is 3. The van der Waals surface area contributed by atoms with Gasteiger partial charge in [-0.1, -0.05) is 23.7 Å². The van der Waals surface area contributed by atoms with Crippen LogP contribution in [0.3, 0.4) is 0 Å². The van der Waals surface area contributed by atoms with Crippen molar-refractivity contribution in [3.8, 4) is 11.5 Å². The van der Waals surface area contributed by atoms with Crippen LogP contribution in [0.1, 0.15) is 11.1 Å². The molecule has 0 radical (unpaired) electrons. The lowest BCUT2D eigenvalue weighted by Gasteiger charge is -2.11. The Balaban J connectivity index is 1.70. The third kappa shape index (κ3) is 4.57. The van der Waals surface area contributed by atoms with Gasteiger partial charge in [-0.05, 0) is 42.3 Å². The average Bonchev–Trinajstić information content (AvgIpc) is 2.70. The molecule has 0 aliphatic rings. The molecule has 8 heteroatoms. The number of methoxy groups -OCH3 is 2. The predicted molar refractivity (Wildman–Crippen MR) is 106 cm³/mol. The molecule has 27 heavy (non-hydrogen) atoms. The summed E-state index contributed by atoms with van der Waals surface area (Å²) in [7, 11) is 3.22. The average molecular weight is 386 g/mol. The third-order valence-corrected chi connectivity index (χ3v) is 4.40. The molecule has 0 amide bonds. The summed E-state index contributed by atoms with van der Waals surface area (Å²) in [5.41, 5.74) is 2.78. The van der Waals surface area contributed by atoms with E-state index in [1.165, 1.54) is 0 Å². The number of benzene rings is 2. The van der Waals surface area contributed by atoms with Crippen LogP contribution in [-0.2, 0) is 6.54 Å². The van der Waals surface area contributed by atoms with E-state index in [4.69, 9.17) is 21.1 Å². The van der Waals surface area contributed by atoms with Gasteiger partial charge in [-0.3, -0.25) is 0 Å². The van der Waals surface area contributed by atoms with E-state index in [2.05, 4.69) is 25.8 Å². The first-order valence-electron chi connectivity index (χ1n) is 8.27. The zero-order valence-electron chi connectivity index (χ0n) is 15.3. The van der Waals surface area contributed by atoms with Gasteiger partial charge in [0.05, 0.1) is 20.4 Å². The normalized spacial score (nSPS) is 10.4. The number of anilines is 3. The predicted octanol–water partition coefficient (Wildman–Crippen LogP) is 4.21. The molecule has 140 valence electrons. The molecule has 7 nitrogen and oxygen atoms in total. The number of nitrogens with zero attached hydrogens (tertiary/aromatic N) is 3. The smallest absolute Gasteiger partial charge is 0.249 e. The maximum Gasteiger partial charge on any atom is 0.249 e. The first-order chi connectivity index (χ1) is 13.1. The molecule has 0 fully saturated rings. The van der Waals surface area contributed by atoms with Gasteiger partial charge in [-0.2, -0.15) is 10.1 Å². The highest BCUT2D eigenvalue weighted by molar-refractivity contribution is 6.31. The third-order valence-electron chi connectivity index (χ3n) is 3.99. The number of nitrogens with one attached hydrogen (secondary N) is 2. The lowest BCUT2D eigenvalue weighted by molar-refractivity contribution is 0.354. The number of halogens is 1. The maximum atomic E-state index is 6.15. The van der Waals surface area contributed by atoms with E-state index < -0.39 is 0 Å². The first-order valence-corrected chi connectivity index (χ1v) is 8.65. The molecule has 3 rings (SSSR count). The van der Waals surface area contributed by atoms with E-state index in [1.807, 2.05) is 43.3 Å². The summed E-state index contributed by atoms with van der Waals surface area (Å²) in [4.78, 5) is 4.44. The molecule has 0 aliphatic carbocycles. The molecule has 2 N–H and O–H groups in total. The summed E-state index contributed by atoms with van der Waals surface area (Å²) < 4.78 is 10.6. The van der Waals surface area contributed by atoms with Crippen molar-refractivity contribution in [3.05, 3.63) is 58.7 Å². The van der Waals surface area contributed by atoms with E-state index in [-0.39, 0.29) is 0 Å². The standard InChI is InChI=1S/C19H20ClN5O2/c1-12-14(20)5-4-6-15(12)23-19-24-18(11-22-25-19)21-10-13-7-8-16(26-2)17(9-13)27-3/h4-9,11H,10H2,1-3H3,(H2,21,23,24,25). The Morgan fingerprint density at radius 1 is 1.07 bits per heavy atom. The Morgan fingerprint density at radius 3 is 2.67 bits per heavy atom. The molecule has 0 saturated carbocycles. The van der Waals surface area contributed by atoms with Crippen molar-refractivity contribution in [3.63, 3.8) is 0 Å². The van der Waals surface area contributed by atoms with Gasteiger partial charge in [-0.15, -0.1) is 5.10 Å². The first kappa shape index (κ1) is 18.7. The van der Waals surface area contributed by atoms with Crippen LogP contribution >= 0.6 is 11.6 Å². The molecule has 1 aromatic heterocycles. The molecule has 0 spiro atoms. The van der Waals surface area contributed by atoms with Crippen LogP contribution in [0.4, 0.5) is 17.5 Å². The highest BCUT2D eigenvalue weighted by Crippen LogP contribution is 2.28. The second-order valence-corrected chi connectivity index (χ2v) is 6.15. The molecule has 2 aromatic carbocycles. The lowest BCUT2D eigenvalue weighted by Crippen LogP contribution is -2.06. The molecular formula is C19H20ClN5O2. The zero-order valence-corrected chi connectivity index (χ0v) is 16.0. The highest BCUT2D eigenvalue weighted by atomic mass is 35.5. The highest BCUT2D eigenvalue weighted by Gasteiger charge is 2.07. The van der Waals surface area contributed by atoms with Gasteiger partial charge in [0.25, 0.3) is 0 Å². The van der Waals surface area contributed by atoms with Crippen molar-refractivity contribution in [2.24, 2.45) is 0 Å². The van der Waals surface area contributed by atoms with Crippen LogP contribution in [0.5, 0.6) is 11.5 Å². The van der Waals surface area contributed by atoms with Gasteiger partial charge in [0.15, 0.2) is 17.3 Å². The fraction of sp³-hybridized carbons (Fsp3) is 0.211. The summed E-state index contributed by atoms with van der Waals surface area (Å²) in [5.74, 6) is 2.35. The minimum Gasteiger partial charge on any atom is -0.493 e. The van der Waals surface area contributed by atoms with E-state index >= 15 is 0 Å². The van der Waals surface area contributed by atoms with Crippen molar-refractivity contribution in [1.82, 2.24) is 15.2 Å². The lowest BCUT2D eigenvalue weighted by atomic mass is 10.2. The fourth-order valence-corrected chi connectivity index (χ4v) is 2.66. The summed E-state index contributed by atoms with van der Waals surface area (Å²) >= 11 is 6.15. The van der Waals surface area contributed by atoms with Gasteiger partial charge in [0.1, 0.15) is 0 Å². The largest absolute Gasteiger partial charge is 0.493 e. The molecule has 3 aromatic rings. The van der Waals surface area contributed by atoms with Crippen molar-refractivity contribution >= 4 is 29.1 Å². The Labute approximate surface area is 162 Å². The molecule has 0 atom stereocenters.